The van der Waals surface area contributed by atoms with Gasteiger partial charge in [0.05, 0.1) is 19.4 Å². The van der Waals surface area contributed by atoms with Crippen LogP contribution >= 0.6 is 0 Å². The molecule has 5 aromatic heterocycles. The van der Waals surface area contributed by atoms with Crippen molar-refractivity contribution in [2.45, 2.75) is 47.0 Å². The van der Waals surface area contributed by atoms with Gasteiger partial charge in [0, 0.05) is 70.8 Å². The first-order chi connectivity index (χ1) is 26.9. The molecule has 47 heavy (non-hydrogen) atoms. The molecule has 0 aliphatic heterocycles. The van der Waals surface area contributed by atoms with Crippen molar-refractivity contribution in [2.24, 2.45) is 0 Å². The summed E-state index contributed by atoms with van der Waals surface area (Å²) in [6.07, 6.45) is 3.03. The Morgan fingerprint density at radius 2 is 1.49 bits per heavy atom. The fourth-order valence-corrected chi connectivity index (χ4v) is 6.47. The summed E-state index contributed by atoms with van der Waals surface area (Å²) in [6, 6.07) is 27.3. The first-order valence-electron chi connectivity index (χ1n) is 20.5. The fourth-order valence-electron chi connectivity index (χ4n) is 5.43. The number of furan rings is 2. The molecule has 7 heteroatoms. The SMILES string of the molecule is C[Si](C)(C)c1ccc(-c2[c-]cccc2)nc1.[2H]C([2H])([2H])c1cc2c(oc3ccc4oc5c(-c6cc(C([2H])([2H])[2H])c(C([2H])([2H])[2H])cn6)[c-]ccc5c4c32)c(C([2H])([2H])[2H])n1.[Ir]. The van der Waals surface area contributed by atoms with Crippen LogP contribution in [0.3, 0.4) is 0 Å². The third-order valence-corrected chi connectivity index (χ3v) is 9.82. The topological polar surface area (TPSA) is 65.0 Å². The normalized spacial score (nSPS) is 16.4. The van der Waals surface area contributed by atoms with Gasteiger partial charge >= 0.3 is 0 Å². The van der Waals surface area contributed by atoms with Crippen molar-refractivity contribution in [3.63, 3.8) is 0 Å². The van der Waals surface area contributed by atoms with Gasteiger partial charge in [-0.05, 0) is 67.7 Å². The van der Waals surface area contributed by atoms with E-state index in [0.717, 1.165) is 17.5 Å². The number of benzene rings is 3. The van der Waals surface area contributed by atoms with Crippen LogP contribution in [-0.4, -0.2) is 23.0 Å². The molecule has 0 saturated carbocycles. The molecule has 3 aromatic carbocycles. The minimum Gasteiger partial charge on any atom is -0.501 e. The van der Waals surface area contributed by atoms with Gasteiger partial charge in [0.25, 0.3) is 0 Å². The van der Waals surface area contributed by atoms with Crippen molar-refractivity contribution in [1.82, 2.24) is 15.0 Å². The summed E-state index contributed by atoms with van der Waals surface area (Å²) in [7, 11) is -1.23. The molecular weight excluding hydrogens is 775 g/mol. The Hall–Kier alpha value is -4.42. The average molecular weight is 822 g/mol. The Kier molecular flexibility index (Phi) is 5.58. The maximum Gasteiger partial charge on any atom is 0.156 e. The molecule has 0 amide bonds. The molecule has 1 radical (unpaired) electrons. The van der Waals surface area contributed by atoms with Gasteiger partial charge in [0.1, 0.15) is 11.2 Å². The van der Waals surface area contributed by atoms with Crippen LogP contribution in [-0.2, 0) is 20.1 Å². The van der Waals surface area contributed by atoms with E-state index in [9.17, 15) is 0 Å². The van der Waals surface area contributed by atoms with E-state index >= 15 is 0 Å². The molecule has 0 fully saturated rings. The maximum absolute atomic E-state index is 7.95. The monoisotopic (exact) mass is 822 g/mol. The van der Waals surface area contributed by atoms with Gasteiger partial charge in [-0.2, -0.15) is 0 Å². The molecule has 0 aliphatic carbocycles. The van der Waals surface area contributed by atoms with Gasteiger partial charge < -0.3 is 18.8 Å². The first kappa shape index (κ1) is 20.7. The predicted octanol–water partition coefficient (Wildman–Crippen LogP) is 10.1. The quantitative estimate of drug-likeness (QED) is 0.131. The molecule has 8 rings (SSSR count). The number of nitrogens with zero attached hydrogens (tertiary/aromatic N) is 3. The van der Waals surface area contributed by atoms with Crippen LogP contribution in [0.1, 0.15) is 39.0 Å². The van der Waals surface area contributed by atoms with Crippen molar-refractivity contribution in [2.75, 3.05) is 0 Å². The van der Waals surface area contributed by atoms with E-state index < -0.39 is 52.4 Å². The minimum atomic E-state index is -2.76. The van der Waals surface area contributed by atoms with E-state index in [1.54, 1.807) is 24.3 Å². The first-order valence-corrected chi connectivity index (χ1v) is 18.0. The van der Waals surface area contributed by atoms with Crippen molar-refractivity contribution in [3.8, 4) is 22.5 Å². The predicted molar refractivity (Wildman–Crippen MR) is 191 cm³/mol. The van der Waals surface area contributed by atoms with Gasteiger partial charge in [0.15, 0.2) is 5.58 Å². The molecule has 0 aliphatic rings. The zero-order valence-electron chi connectivity index (χ0n) is 37.6. The Balaban J connectivity index is 0.000000289. The number of aryl methyl sites for hydroxylation is 4. The second-order valence-corrected chi connectivity index (χ2v) is 17.0. The van der Waals surface area contributed by atoms with E-state index in [4.69, 9.17) is 25.3 Å². The van der Waals surface area contributed by atoms with Gasteiger partial charge in [-0.25, -0.2) is 0 Å². The average Bonchev–Trinajstić information content (AvgIpc) is 3.71. The van der Waals surface area contributed by atoms with Gasteiger partial charge in [0.2, 0.25) is 0 Å². The van der Waals surface area contributed by atoms with Crippen LogP contribution in [0, 0.1) is 39.5 Å². The molecule has 5 heterocycles. The summed E-state index contributed by atoms with van der Waals surface area (Å²) in [4.78, 5) is 12.7. The Morgan fingerprint density at radius 1 is 0.702 bits per heavy atom. The van der Waals surface area contributed by atoms with E-state index in [1.165, 1.54) is 17.3 Å². The third-order valence-electron chi connectivity index (χ3n) is 7.79. The van der Waals surface area contributed by atoms with Crippen molar-refractivity contribution in [1.29, 1.82) is 0 Å². The van der Waals surface area contributed by atoms with E-state index in [1.807, 2.05) is 30.5 Å². The maximum atomic E-state index is 7.95. The smallest absolute Gasteiger partial charge is 0.156 e. The Bertz CT molecular complexity index is 2820. The second-order valence-electron chi connectivity index (χ2n) is 11.9. The molecule has 5 nitrogen and oxygen atoms in total. The molecule has 0 spiro atoms. The van der Waals surface area contributed by atoms with E-state index in [2.05, 4.69) is 58.9 Å². The standard InChI is InChI=1S/C26H19N2O2.C14H16NSi.Ir/c1-13-10-20(27-12-14(13)2)17-6-5-7-18-23-21(30-26(17)18)8-9-22-24(23)19-11-15(3)28-16(4)25(19)29-22;1-16(2,3)13-9-10-14(15-11-13)12-7-5-4-6-8-12;/h5,7-12H,1-4H3;4-7,9-11H,1-3H3;/q2*-1;/i1D3,2D3,3D3,4D3;;. The summed E-state index contributed by atoms with van der Waals surface area (Å²) in [5, 5.41) is 3.03. The molecule has 8 aromatic rings. The van der Waals surface area contributed by atoms with E-state index in [-0.39, 0.29) is 59.1 Å². The van der Waals surface area contributed by atoms with Crippen LogP contribution in [0.15, 0.2) is 94.0 Å². The number of rotatable bonds is 3. The van der Waals surface area contributed by atoms with Crippen LogP contribution in [0.4, 0.5) is 0 Å². The molecule has 0 atom stereocenters. The molecule has 237 valence electrons. The Morgan fingerprint density at radius 3 is 2.17 bits per heavy atom. The summed E-state index contributed by atoms with van der Waals surface area (Å²) in [5.74, 6) is 0. The summed E-state index contributed by atoms with van der Waals surface area (Å²) >= 11 is 0. The van der Waals surface area contributed by atoms with Gasteiger partial charge in [-0.1, -0.05) is 54.4 Å². The van der Waals surface area contributed by atoms with Crippen molar-refractivity contribution >= 4 is 57.1 Å². The number of pyridine rings is 3. The molecular formula is C40H35IrN3O2Si-2. The molecule has 0 saturated heterocycles. The number of hydrogen-bond donors (Lipinski definition) is 0. The summed E-state index contributed by atoms with van der Waals surface area (Å²) < 4.78 is 106. The zero-order chi connectivity index (χ0) is 42.2. The van der Waals surface area contributed by atoms with Gasteiger partial charge in [-0.3, -0.25) is 4.98 Å². The number of hydrogen-bond acceptors (Lipinski definition) is 5. The second kappa shape index (κ2) is 12.6. The van der Waals surface area contributed by atoms with Crippen molar-refractivity contribution in [3.05, 3.63) is 120 Å². The summed E-state index contributed by atoms with van der Waals surface area (Å²) in [6.45, 7) is -3.90. The minimum absolute atomic E-state index is 0. The summed E-state index contributed by atoms with van der Waals surface area (Å²) in [5.41, 5.74) is 1.59. The molecule has 0 unspecified atom stereocenters. The van der Waals surface area contributed by atoms with Crippen LogP contribution in [0.2, 0.25) is 19.6 Å². The van der Waals surface area contributed by atoms with Crippen LogP contribution in [0.5, 0.6) is 0 Å². The Labute approximate surface area is 306 Å². The van der Waals surface area contributed by atoms with Crippen LogP contribution in [0.25, 0.3) is 66.4 Å². The third kappa shape index (κ3) is 6.07. The van der Waals surface area contributed by atoms with Gasteiger partial charge in [-0.15, -0.1) is 54.1 Å². The van der Waals surface area contributed by atoms with Crippen molar-refractivity contribution < 1.29 is 45.4 Å². The number of fused-ring (bicyclic) bond motifs is 7. The largest absolute Gasteiger partial charge is 0.501 e. The fraction of sp³-hybridized carbons (Fsp3) is 0.175. The zero-order valence-corrected chi connectivity index (χ0v) is 29.0. The molecule has 0 N–H and O–H groups in total. The van der Waals surface area contributed by atoms with E-state index in [0.29, 0.717) is 21.7 Å². The number of aromatic nitrogens is 3. The van der Waals surface area contributed by atoms with Crippen LogP contribution < -0.4 is 5.19 Å². The molecule has 0 bridgehead atoms.